The number of hydrogen-bond donors (Lipinski definition) is 1. The fraction of sp³-hybridized carbons (Fsp3) is 0.231. The molecule has 2 N–H and O–H groups in total. The molecule has 3 heteroatoms. The van der Waals surface area contributed by atoms with Crippen molar-refractivity contribution in [2.75, 3.05) is 0 Å². The minimum Gasteiger partial charge on any atom is -0.472 e. The third-order valence-electron chi connectivity index (χ3n) is 2.52. The van der Waals surface area contributed by atoms with Crippen LogP contribution >= 0.6 is 0 Å². The van der Waals surface area contributed by atoms with Crippen molar-refractivity contribution >= 4 is 0 Å². The Bertz CT molecular complexity index is 439. The summed E-state index contributed by atoms with van der Waals surface area (Å²) in [6, 6.07) is 8.52. The number of halogens is 1. The van der Waals surface area contributed by atoms with Crippen LogP contribution in [0.1, 0.15) is 11.1 Å². The largest absolute Gasteiger partial charge is 0.472 e. The Labute approximate surface area is 93.9 Å². The summed E-state index contributed by atoms with van der Waals surface area (Å²) in [6.45, 7) is 0. The van der Waals surface area contributed by atoms with E-state index in [-0.39, 0.29) is 11.9 Å². The first-order chi connectivity index (χ1) is 7.75. The SMILES string of the molecule is NC(Cc1ccoc1)Cc1ccccc1F. The molecule has 1 unspecified atom stereocenters. The average molecular weight is 219 g/mol. The van der Waals surface area contributed by atoms with Crippen molar-refractivity contribution in [2.45, 2.75) is 18.9 Å². The lowest BCUT2D eigenvalue weighted by atomic mass is 10.0. The van der Waals surface area contributed by atoms with E-state index < -0.39 is 0 Å². The zero-order chi connectivity index (χ0) is 11.4. The van der Waals surface area contributed by atoms with E-state index in [0.717, 1.165) is 5.56 Å². The topological polar surface area (TPSA) is 39.2 Å². The fourth-order valence-corrected chi connectivity index (χ4v) is 1.73. The Hall–Kier alpha value is -1.61. The zero-order valence-corrected chi connectivity index (χ0v) is 8.90. The maximum absolute atomic E-state index is 13.4. The van der Waals surface area contributed by atoms with Gasteiger partial charge in [-0.2, -0.15) is 0 Å². The van der Waals surface area contributed by atoms with E-state index in [9.17, 15) is 4.39 Å². The molecule has 0 aliphatic carbocycles. The number of rotatable bonds is 4. The maximum Gasteiger partial charge on any atom is 0.126 e. The lowest BCUT2D eigenvalue weighted by Gasteiger charge is -2.10. The monoisotopic (exact) mass is 219 g/mol. The first-order valence-corrected chi connectivity index (χ1v) is 5.26. The van der Waals surface area contributed by atoms with Gasteiger partial charge in [0.05, 0.1) is 12.5 Å². The van der Waals surface area contributed by atoms with Crippen molar-refractivity contribution in [1.82, 2.24) is 0 Å². The minimum absolute atomic E-state index is 0.0884. The van der Waals surface area contributed by atoms with Crippen molar-refractivity contribution in [2.24, 2.45) is 5.73 Å². The summed E-state index contributed by atoms with van der Waals surface area (Å²) in [6.07, 6.45) is 4.52. The number of nitrogens with two attached hydrogens (primary N) is 1. The summed E-state index contributed by atoms with van der Waals surface area (Å²) in [5.41, 5.74) is 7.67. The van der Waals surface area contributed by atoms with Crippen molar-refractivity contribution in [1.29, 1.82) is 0 Å². The van der Waals surface area contributed by atoms with Crippen LogP contribution in [-0.4, -0.2) is 6.04 Å². The van der Waals surface area contributed by atoms with Crippen LogP contribution in [0.5, 0.6) is 0 Å². The van der Waals surface area contributed by atoms with Crippen LogP contribution in [0.3, 0.4) is 0 Å². The number of benzene rings is 1. The van der Waals surface area contributed by atoms with Gasteiger partial charge in [-0.25, -0.2) is 4.39 Å². The van der Waals surface area contributed by atoms with Crippen molar-refractivity contribution in [3.05, 3.63) is 59.8 Å². The molecule has 0 fully saturated rings. The van der Waals surface area contributed by atoms with Crippen LogP contribution in [0.15, 0.2) is 47.3 Å². The third kappa shape index (κ3) is 2.70. The molecule has 2 rings (SSSR count). The molecular weight excluding hydrogens is 205 g/mol. The molecule has 1 aromatic heterocycles. The molecule has 0 saturated carbocycles. The van der Waals surface area contributed by atoms with Gasteiger partial charge in [-0.3, -0.25) is 0 Å². The van der Waals surface area contributed by atoms with Crippen molar-refractivity contribution < 1.29 is 8.81 Å². The van der Waals surface area contributed by atoms with E-state index in [4.69, 9.17) is 10.2 Å². The Morgan fingerprint density at radius 3 is 2.69 bits per heavy atom. The molecule has 0 aliphatic heterocycles. The van der Waals surface area contributed by atoms with Gasteiger partial charge in [0.25, 0.3) is 0 Å². The average Bonchev–Trinajstić information content (AvgIpc) is 2.74. The summed E-state index contributed by atoms with van der Waals surface area (Å²) >= 11 is 0. The Morgan fingerprint density at radius 2 is 2.00 bits per heavy atom. The fourth-order valence-electron chi connectivity index (χ4n) is 1.73. The molecule has 0 aliphatic rings. The first kappa shape index (κ1) is 10.9. The van der Waals surface area contributed by atoms with E-state index in [2.05, 4.69) is 0 Å². The van der Waals surface area contributed by atoms with Gasteiger partial charge in [0.2, 0.25) is 0 Å². The van der Waals surface area contributed by atoms with E-state index in [1.807, 2.05) is 12.1 Å². The molecule has 0 bridgehead atoms. The lowest BCUT2D eigenvalue weighted by molar-refractivity contribution is 0.556. The van der Waals surface area contributed by atoms with Gasteiger partial charge in [0.1, 0.15) is 5.82 Å². The molecule has 1 aromatic carbocycles. The van der Waals surface area contributed by atoms with Crippen LogP contribution in [0, 0.1) is 5.82 Å². The van der Waals surface area contributed by atoms with Gasteiger partial charge in [-0.15, -0.1) is 0 Å². The van der Waals surface area contributed by atoms with E-state index in [0.29, 0.717) is 18.4 Å². The molecule has 0 amide bonds. The van der Waals surface area contributed by atoms with Crippen LogP contribution in [0.25, 0.3) is 0 Å². The zero-order valence-electron chi connectivity index (χ0n) is 8.90. The Balaban J connectivity index is 1.97. The number of furan rings is 1. The highest BCUT2D eigenvalue weighted by molar-refractivity contribution is 5.19. The highest BCUT2D eigenvalue weighted by Gasteiger charge is 2.09. The Kier molecular flexibility index (Phi) is 3.37. The molecule has 0 saturated heterocycles. The normalized spacial score (nSPS) is 12.6. The van der Waals surface area contributed by atoms with E-state index in [1.54, 1.807) is 24.7 Å². The van der Waals surface area contributed by atoms with Crippen LogP contribution in [-0.2, 0) is 12.8 Å². The molecule has 2 aromatic rings. The van der Waals surface area contributed by atoms with Crippen LogP contribution in [0.4, 0.5) is 4.39 Å². The highest BCUT2D eigenvalue weighted by Crippen LogP contribution is 2.11. The van der Waals surface area contributed by atoms with Crippen molar-refractivity contribution in [3.8, 4) is 0 Å². The molecule has 16 heavy (non-hydrogen) atoms. The molecule has 2 nitrogen and oxygen atoms in total. The van der Waals surface area contributed by atoms with E-state index >= 15 is 0 Å². The van der Waals surface area contributed by atoms with Gasteiger partial charge in [0.15, 0.2) is 0 Å². The smallest absolute Gasteiger partial charge is 0.126 e. The second-order valence-corrected chi connectivity index (χ2v) is 3.89. The lowest BCUT2D eigenvalue weighted by Crippen LogP contribution is -2.25. The summed E-state index contributed by atoms with van der Waals surface area (Å²) in [4.78, 5) is 0. The molecule has 0 radical (unpaired) electrons. The van der Waals surface area contributed by atoms with Gasteiger partial charge in [-0.1, -0.05) is 18.2 Å². The molecule has 84 valence electrons. The van der Waals surface area contributed by atoms with Crippen LogP contribution in [0.2, 0.25) is 0 Å². The molecule has 1 atom stereocenters. The van der Waals surface area contributed by atoms with E-state index in [1.165, 1.54) is 6.07 Å². The summed E-state index contributed by atoms with van der Waals surface area (Å²) < 4.78 is 18.3. The Morgan fingerprint density at radius 1 is 1.19 bits per heavy atom. The number of hydrogen-bond acceptors (Lipinski definition) is 2. The third-order valence-corrected chi connectivity index (χ3v) is 2.52. The highest BCUT2D eigenvalue weighted by atomic mass is 19.1. The van der Waals surface area contributed by atoms with Gasteiger partial charge >= 0.3 is 0 Å². The first-order valence-electron chi connectivity index (χ1n) is 5.26. The van der Waals surface area contributed by atoms with Crippen molar-refractivity contribution in [3.63, 3.8) is 0 Å². The quantitative estimate of drug-likeness (QED) is 0.858. The molecule has 1 heterocycles. The second-order valence-electron chi connectivity index (χ2n) is 3.89. The summed E-state index contributed by atoms with van der Waals surface area (Å²) in [5, 5.41) is 0. The molecule has 0 spiro atoms. The van der Waals surface area contributed by atoms with Gasteiger partial charge in [-0.05, 0) is 36.1 Å². The predicted octanol–water partition coefficient (Wildman–Crippen LogP) is 2.53. The minimum atomic E-state index is -0.190. The maximum atomic E-state index is 13.4. The molecular formula is C13H14FNO. The summed E-state index contributed by atoms with van der Waals surface area (Å²) in [7, 11) is 0. The van der Waals surface area contributed by atoms with Gasteiger partial charge < -0.3 is 10.2 Å². The predicted molar refractivity (Wildman–Crippen MR) is 60.5 cm³/mol. The standard InChI is InChI=1S/C13H14FNO/c14-13-4-2-1-3-11(13)8-12(15)7-10-5-6-16-9-10/h1-6,9,12H,7-8,15H2. The summed E-state index contributed by atoms with van der Waals surface area (Å²) in [5.74, 6) is -0.190. The van der Waals surface area contributed by atoms with Crippen LogP contribution < -0.4 is 5.73 Å². The van der Waals surface area contributed by atoms with Gasteiger partial charge in [0, 0.05) is 6.04 Å². The second kappa shape index (κ2) is 4.94.